The molecule has 0 aromatic heterocycles. The summed E-state index contributed by atoms with van der Waals surface area (Å²) >= 11 is 3.20. The molecule has 0 N–H and O–H groups in total. The molecule has 0 aliphatic heterocycles. The van der Waals surface area contributed by atoms with E-state index in [1.807, 2.05) is 0 Å². The van der Waals surface area contributed by atoms with Crippen molar-refractivity contribution >= 4 is 22.0 Å². The Morgan fingerprint density at radius 1 is 1.64 bits per heavy atom. The maximum Gasteiger partial charge on any atom is 0.235 e. The van der Waals surface area contributed by atoms with Gasteiger partial charge >= 0.3 is 0 Å². The van der Waals surface area contributed by atoms with Crippen molar-refractivity contribution in [3.8, 4) is 5.75 Å². The highest BCUT2D eigenvalue weighted by atomic mass is 79.9. The summed E-state index contributed by atoms with van der Waals surface area (Å²) in [6, 6.07) is 2.81. The summed E-state index contributed by atoms with van der Waals surface area (Å²) in [5, 5.41) is 0. The van der Waals surface area contributed by atoms with Crippen molar-refractivity contribution in [3.63, 3.8) is 0 Å². The molecule has 0 heterocycles. The van der Waals surface area contributed by atoms with Crippen LogP contribution < -0.4 is 4.74 Å². The summed E-state index contributed by atoms with van der Waals surface area (Å²) in [5.74, 6) is -0.104. The van der Waals surface area contributed by atoms with Crippen molar-refractivity contribution < 1.29 is 13.9 Å². The normalized spacial score (nSPS) is 9.36. The monoisotopic (exact) mass is 259 g/mol. The molecule has 0 spiro atoms. The molecule has 0 aliphatic rings. The summed E-state index contributed by atoms with van der Waals surface area (Å²) in [6.45, 7) is -0.0715. The molecule has 0 radical (unpaired) electrons. The van der Waals surface area contributed by atoms with Gasteiger partial charge in [0, 0.05) is 0 Å². The van der Waals surface area contributed by atoms with Crippen LogP contribution in [0.1, 0.15) is 5.56 Å². The third-order valence-corrected chi connectivity index (χ3v) is 2.29. The smallest absolute Gasteiger partial charge is 0.235 e. The van der Waals surface area contributed by atoms with Crippen molar-refractivity contribution in [2.24, 2.45) is 4.99 Å². The average molecular weight is 260 g/mol. The lowest BCUT2D eigenvalue weighted by Crippen LogP contribution is -1.96. The van der Waals surface area contributed by atoms with Gasteiger partial charge in [-0.1, -0.05) is 0 Å². The Hall–Kier alpha value is -1.19. The zero-order valence-electron chi connectivity index (χ0n) is 7.38. The van der Waals surface area contributed by atoms with E-state index in [4.69, 9.17) is 4.74 Å². The lowest BCUT2D eigenvalue weighted by molar-refractivity contribution is 0.402. The van der Waals surface area contributed by atoms with Gasteiger partial charge in [0.2, 0.25) is 6.08 Å². The molecule has 0 saturated carbocycles. The number of nitrogens with zero attached hydrogens (tertiary/aromatic N) is 1. The molecule has 1 rings (SSSR count). The second kappa shape index (κ2) is 4.88. The molecule has 0 aliphatic carbocycles. The highest BCUT2D eigenvalue weighted by Crippen LogP contribution is 2.31. The van der Waals surface area contributed by atoms with E-state index < -0.39 is 5.82 Å². The first-order chi connectivity index (χ1) is 6.70. The number of benzene rings is 1. The van der Waals surface area contributed by atoms with Crippen LogP contribution in [0.15, 0.2) is 21.6 Å². The largest absolute Gasteiger partial charge is 0.495 e. The van der Waals surface area contributed by atoms with Crippen LogP contribution in [-0.4, -0.2) is 13.2 Å². The van der Waals surface area contributed by atoms with Crippen LogP contribution in [0, 0.1) is 5.82 Å². The highest BCUT2D eigenvalue weighted by Gasteiger charge is 2.12. The Balaban J connectivity index is 3.21. The van der Waals surface area contributed by atoms with Crippen LogP contribution in [-0.2, 0) is 11.3 Å². The van der Waals surface area contributed by atoms with Crippen molar-refractivity contribution in [3.05, 3.63) is 28.0 Å². The lowest BCUT2D eigenvalue weighted by Gasteiger charge is -2.08. The van der Waals surface area contributed by atoms with Crippen molar-refractivity contribution in [2.45, 2.75) is 6.54 Å². The fourth-order valence-electron chi connectivity index (χ4n) is 1.05. The Kier molecular flexibility index (Phi) is 3.80. The minimum Gasteiger partial charge on any atom is -0.495 e. The molecular formula is C9H7BrFNO2. The van der Waals surface area contributed by atoms with E-state index in [2.05, 4.69) is 20.9 Å². The Labute approximate surface area is 88.7 Å². The van der Waals surface area contributed by atoms with Gasteiger partial charge in [0.1, 0.15) is 11.6 Å². The average Bonchev–Trinajstić information content (AvgIpc) is 2.19. The molecule has 1 aromatic carbocycles. The number of carbonyl (C=O) groups excluding carboxylic acids is 1. The quantitative estimate of drug-likeness (QED) is 0.618. The van der Waals surface area contributed by atoms with Crippen LogP contribution in [0.3, 0.4) is 0 Å². The van der Waals surface area contributed by atoms with Gasteiger partial charge in [0.25, 0.3) is 0 Å². The molecule has 0 saturated heterocycles. The zero-order chi connectivity index (χ0) is 10.6. The number of aliphatic imine (C=N–C) groups is 1. The van der Waals surface area contributed by atoms with E-state index in [0.29, 0.717) is 10.2 Å². The summed E-state index contributed by atoms with van der Waals surface area (Å²) in [4.78, 5) is 13.2. The fourth-order valence-corrected chi connectivity index (χ4v) is 1.59. The predicted octanol–water partition coefficient (Wildman–Crippen LogP) is 2.43. The molecule has 5 heteroatoms. The fraction of sp³-hybridized carbons (Fsp3) is 0.222. The summed E-state index contributed by atoms with van der Waals surface area (Å²) in [7, 11) is 1.42. The third-order valence-electron chi connectivity index (χ3n) is 1.66. The highest BCUT2D eigenvalue weighted by molar-refractivity contribution is 9.10. The van der Waals surface area contributed by atoms with E-state index in [0.717, 1.165) is 0 Å². The predicted molar refractivity (Wildman–Crippen MR) is 52.5 cm³/mol. The van der Waals surface area contributed by atoms with E-state index in [9.17, 15) is 9.18 Å². The molecule has 0 bridgehead atoms. The Morgan fingerprint density at radius 3 is 2.93 bits per heavy atom. The minimum absolute atomic E-state index is 0.0715. The molecule has 0 unspecified atom stereocenters. The van der Waals surface area contributed by atoms with Gasteiger partial charge in [0.15, 0.2) is 0 Å². The number of hydrogen-bond donors (Lipinski definition) is 0. The van der Waals surface area contributed by atoms with E-state index in [1.165, 1.54) is 25.3 Å². The first-order valence-corrected chi connectivity index (χ1v) is 4.54. The molecule has 0 fully saturated rings. The first-order valence-electron chi connectivity index (χ1n) is 3.75. The number of hydrogen-bond acceptors (Lipinski definition) is 3. The standard InChI is InChI=1S/C9H7BrFNO2/c1-14-9-6(4-12-5-13)8(11)3-2-7(9)10/h2-3H,4H2,1H3. The van der Waals surface area contributed by atoms with Crippen LogP contribution in [0.4, 0.5) is 4.39 Å². The van der Waals surface area contributed by atoms with E-state index in [-0.39, 0.29) is 12.1 Å². The second-order valence-corrected chi connectivity index (χ2v) is 3.30. The van der Waals surface area contributed by atoms with Crippen molar-refractivity contribution in [1.82, 2.24) is 0 Å². The maximum absolute atomic E-state index is 13.2. The van der Waals surface area contributed by atoms with Gasteiger partial charge in [-0.05, 0) is 28.1 Å². The van der Waals surface area contributed by atoms with Gasteiger partial charge in [-0.2, -0.15) is 0 Å². The maximum atomic E-state index is 13.2. The van der Waals surface area contributed by atoms with Crippen LogP contribution in [0.25, 0.3) is 0 Å². The molecular weight excluding hydrogens is 253 g/mol. The minimum atomic E-state index is -0.455. The number of isocyanates is 1. The second-order valence-electron chi connectivity index (χ2n) is 2.45. The summed E-state index contributed by atoms with van der Waals surface area (Å²) in [6.07, 6.45) is 1.35. The number of halogens is 2. The molecule has 0 atom stereocenters. The van der Waals surface area contributed by atoms with Gasteiger partial charge in [-0.25, -0.2) is 14.2 Å². The van der Waals surface area contributed by atoms with Gasteiger partial charge in [-0.15, -0.1) is 0 Å². The lowest BCUT2D eigenvalue weighted by atomic mass is 10.2. The molecule has 0 amide bonds. The van der Waals surface area contributed by atoms with E-state index >= 15 is 0 Å². The topological polar surface area (TPSA) is 38.7 Å². The Morgan fingerprint density at radius 2 is 2.36 bits per heavy atom. The Bertz CT molecular complexity index is 389. The molecule has 1 aromatic rings. The molecule has 3 nitrogen and oxygen atoms in total. The summed E-state index contributed by atoms with van der Waals surface area (Å²) in [5.41, 5.74) is 0.241. The van der Waals surface area contributed by atoms with Gasteiger partial charge in [0.05, 0.1) is 23.7 Å². The van der Waals surface area contributed by atoms with Gasteiger partial charge in [-0.3, -0.25) is 0 Å². The van der Waals surface area contributed by atoms with Crippen LogP contribution in [0.5, 0.6) is 5.75 Å². The number of rotatable bonds is 3. The SMILES string of the molecule is COc1c(Br)ccc(F)c1CN=C=O. The first kappa shape index (κ1) is 10.9. The molecule has 74 valence electrons. The summed E-state index contributed by atoms with van der Waals surface area (Å²) < 4.78 is 18.8. The van der Waals surface area contributed by atoms with Crippen molar-refractivity contribution in [2.75, 3.05) is 7.11 Å². The number of ether oxygens (including phenoxy) is 1. The molecule has 14 heavy (non-hydrogen) atoms. The number of methoxy groups -OCH3 is 1. The van der Waals surface area contributed by atoms with E-state index in [1.54, 1.807) is 0 Å². The van der Waals surface area contributed by atoms with Gasteiger partial charge < -0.3 is 4.74 Å². The third kappa shape index (κ3) is 2.19. The van der Waals surface area contributed by atoms with Crippen LogP contribution >= 0.6 is 15.9 Å². The zero-order valence-corrected chi connectivity index (χ0v) is 8.97. The van der Waals surface area contributed by atoms with Crippen molar-refractivity contribution in [1.29, 1.82) is 0 Å². The van der Waals surface area contributed by atoms with Crippen LogP contribution in [0.2, 0.25) is 0 Å².